The minimum absolute atomic E-state index is 0.269. The van der Waals surface area contributed by atoms with Gasteiger partial charge in [-0.1, -0.05) is 12.1 Å². The standard InChI is InChI=1S/C17H12BrN3O2S/c1-10-6-14(18)23-15(10)16(22)21-17-20-9-13(24-17)7-11-2-4-12(8-19)5-3-11/h2-6,9H,7H2,1H3,(H,20,21,22). The number of nitrogens with zero attached hydrogens (tertiary/aromatic N) is 2. The molecule has 0 bridgehead atoms. The minimum Gasteiger partial charge on any atom is -0.444 e. The second kappa shape index (κ2) is 6.99. The van der Waals surface area contributed by atoms with Crippen LogP contribution in [0.5, 0.6) is 0 Å². The summed E-state index contributed by atoms with van der Waals surface area (Å²) in [4.78, 5) is 17.4. The van der Waals surface area contributed by atoms with E-state index in [1.54, 1.807) is 31.3 Å². The van der Waals surface area contributed by atoms with Crippen LogP contribution in [0.2, 0.25) is 0 Å². The number of hydrogen-bond acceptors (Lipinski definition) is 5. The summed E-state index contributed by atoms with van der Waals surface area (Å²) in [5, 5.41) is 12.1. The highest BCUT2D eigenvalue weighted by molar-refractivity contribution is 9.10. The van der Waals surface area contributed by atoms with Crippen LogP contribution in [0.15, 0.2) is 45.6 Å². The third-order valence-electron chi connectivity index (χ3n) is 3.33. The number of amides is 1. The van der Waals surface area contributed by atoms with Gasteiger partial charge < -0.3 is 4.42 Å². The molecule has 2 heterocycles. The molecule has 0 aliphatic heterocycles. The molecule has 0 atom stereocenters. The molecule has 1 amide bonds. The van der Waals surface area contributed by atoms with Crippen LogP contribution in [-0.2, 0) is 6.42 Å². The summed E-state index contributed by atoms with van der Waals surface area (Å²) in [5.41, 5.74) is 2.48. The molecule has 120 valence electrons. The molecule has 2 aromatic heterocycles. The number of furan rings is 1. The average molecular weight is 402 g/mol. The van der Waals surface area contributed by atoms with E-state index in [9.17, 15) is 4.79 Å². The van der Waals surface area contributed by atoms with Gasteiger partial charge in [-0.15, -0.1) is 11.3 Å². The lowest BCUT2D eigenvalue weighted by Gasteiger charge is -1.99. The number of carbonyl (C=O) groups is 1. The third-order valence-corrected chi connectivity index (χ3v) is 4.63. The van der Waals surface area contributed by atoms with Gasteiger partial charge in [-0.3, -0.25) is 10.1 Å². The molecule has 1 aromatic carbocycles. The highest BCUT2D eigenvalue weighted by atomic mass is 79.9. The van der Waals surface area contributed by atoms with Crippen LogP contribution in [0, 0.1) is 18.3 Å². The van der Waals surface area contributed by atoms with Gasteiger partial charge in [-0.25, -0.2) is 4.98 Å². The quantitative estimate of drug-likeness (QED) is 0.696. The average Bonchev–Trinajstić information content (AvgIpc) is 3.14. The van der Waals surface area contributed by atoms with Crippen molar-refractivity contribution in [3.8, 4) is 6.07 Å². The first kappa shape index (κ1) is 16.4. The van der Waals surface area contributed by atoms with E-state index in [1.165, 1.54) is 11.3 Å². The van der Waals surface area contributed by atoms with E-state index in [2.05, 4.69) is 32.3 Å². The normalized spacial score (nSPS) is 10.4. The molecule has 0 radical (unpaired) electrons. The van der Waals surface area contributed by atoms with Gasteiger partial charge in [-0.05, 0) is 46.6 Å². The maximum absolute atomic E-state index is 12.2. The van der Waals surface area contributed by atoms with E-state index in [-0.39, 0.29) is 11.7 Å². The Morgan fingerprint density at radius 3 is 2.79 bits per heavy atom. The molecule has 1 N–H and O–H groups in total. The molecule has 7 heteroatoms. The molecule has 0 saturated carbocycles. The number of thiazole rings is 1. The summed E-state index contributed by atoms with van der Waals surface area (Å²) in [7, 11) is 0. The molecule has 0 aliphatic carbocycles. The van der Waals surface area contributed by atoms with E-state index in [0.717, 1.165) is 16.0 Å². The highest BCUT2D eigenvalue weighted by Crippen LogP contribution is 2.24. The molecule has 3 rings (SSSR count). The van der Waals surface area contributed by atoms with E-state index in [0.29, 0.717) is 21.8 Å². The molecule has 0 spiro atoms. The maximum atomic E-state index is 12.2. The summed E-state index contributed by atoms with van der Waals surface area (Å²) < 4.78 is 5.85. The number of anilines is 1. The Morgan fingerprint density at radius 2 is 2.17 bits per heavy atom. The lowest BCUT2D eigenvalue weighted by atomic mass is 10.1. The van der Waals surface area contributed by atoms with Gasteiger partial charge in [0, 0.05) is 23.1 Å². The first-order valence-corrected chi connectivity index (χ1v) is 8.67. The molecule has 3 aromatic rings. The molecular formula is C17H12BrN3O2S. The van der Waals surface area contributed by atoms with Crippen molar-refractivity contribution < 1.29 is 9.21 Å². The van der Waals surface area contributed by atoms with Crippen LogP contribution >= 0.6 is 27.3 Å². The Morgan fingerprint density at radius 1 is 1.42 bits per heavy atom. The number of carbonyl (C=O) groups excluding carboxylic acids is 1. The first-order valence-electron chi connectivity index (χ1n) is 7.06. The summed E-state index contributed by atoms with van der Waals surface area (Å²) in [6.07, 6.45) is 2.44. The molecular weight excluding hydrogens is 390 g/mol. The Labute approximate surface area is 151 Å². The number of halogens is 1. The van der Waals surface area contributed by atoms with Gasteiger partial charge in [0.05, 0.1) is 11.6 Å². The number of benzene rings is 1. The fourth-order valence-corrected chi connectivity index (χ4v) is 3.51. The smallest absolute Gasteiger partial charge is 0.293 e. The number of aromatic nitrogens is 1. The second-order valence-electron chi connectivity index (χ2n) is 5.13. The monoisotopic (exact) mass is 401 g/mol. The van der Waals surface area contributed by atoms with Crippen LogP contribution in [0.25, 0.3) is 0 Å². The fourth-order valence-electron chi connectivity index (χ4n) is 2.17. The molecule has 0 aliphatic rings. The van der Waals surface area contributed by atoms with Crippen LogP contribution in [0.1, 0.15) is 32.1 Å². The second-order valence-corrected chi connectivity index (χ2v) is 7.03. The number of nitrogens with one attached hydrogen (secondary N) is 1. The van der Waals surface area contributed by atoms with Crippen LogP contribution in [0.3, 0.4) is 0 Å². The predicted molar refractivity (Wildman–Crippen MR) is 95.2 cm³/mol. The van der Waals surface area contributed by atoms with Gasteiger partial charge in [0.2, 0.25) is 0 Å². The summed E-state index contributed by atoms with van der Waals surface area (Å²) in [6.45, 7) is 1.81. The van der Waals surface area contributed by atoms with Crippen LogP contribution in [0.4, 0.5) is 5.13 Å². The topological polar surface area (TPSA) is 78.9 Å². The molecule has 24 heavy (non-hydrogen) atoms. The van der Waals surface area contributed by atoms with Gasteiger partial charge in [0.25, 0.3) is 5.91 Å². The Kier molecular flexibility index (Phi) is 4.79. The van der Waals surface area contributed by atoms with Crippen molar-refractivity contribution in [2.24, 2.45) is 0 Å². The Balaban J connectivity index is 1.68. The zero-order valence-electron chi connectivity index (χ0n) is 12.7. The predicted octanol–water partition coefficient (Wildman–Crippen LogP) is 4.52. The van der Waals surface area contributed by atoms with E-state index in [4.69, 9.17) is 9.68 Å². The zero-order chi connectivity index (χ0) is 17.1. The Hall–Kier alpha value is -2.43. The molecule has 5 nitrogen and oxygen atoms in total. The van der Waals surface area contributed by atoms with E-state index in [1.807, 2.05) is 12.1 Å². The lowest BCUT2D eigenvalue weighted by molar-refractivity contribution is 0.0994. The zero-order valence-corrected chi connectivity index (χ0v) is 15.1. The van der Waals surface area contributed by atoms with Crippen LogP contribution < -0.4 is 5.32 Å². The fraction of sp³-hybridized carbons (Fsp3) is 0.118. The SMILES string of the molecule is Cc1cc(Br)oc1C(=O)Nc1ncc(Cc2ccc(C#N)cc2)s1. The van der Waals surface area contributed by atoms with Crippen molar-refractivity contribution in [3.63, 3.8) is 0 Å². The molecule has 0 saturated heterocycles. The minimum atomic E-state index is -0.322. The lowest BCUT2D eigenvalue weighted by Crippen LogP contribution is -2.11. The Bertz CT molecular complexity index is 922. The van der Waals surface area contributed by atoms with Crippen LogP contribution in [-0.4, -0.2) is 10.9 Å². The van der Waals surface area contributed by atoms with Crippen molar-refractivity contribution in [2.75, 3.05) is 5.32 Å². The van der Waals surface area contributed by atoms with Gasteiger partial charge in [0.15, 0.2) is 15.6 Å². The van der Waals surface area contributed by atoms with E-state index < -0.39 is 0 Å². The molecule has 0 unspecified atom stereocenters. The number of hydrogen-bond donors (Lipinski definition) is 1. The number of nitriles is 1. The van der Waals surface area contributed by atoms with E-state index >= 15 is 0 Å². The largest absolute Gasteiger partial charge is 0.444 e. The number of aryl methyl sites for hydroxylation is 1. The van der Waals surface area contributed by atoms with Crippen molar-refractivity contribution in [1.29, 1.82) is 5.26 Å². The van der Waals surface area contributed by atoms with Gasteiger partial charge in [0.1, 0.15) is 0 Å². The highest BCUT2D eigenvalue weighted by Gasteiger charge is 2.16. The maximum Gasteiger partial charge on any atom is 0.293 e. The first-order chi connectivity index (χ1) is 11.5. The summed E-state index contributed by atoms with van der Waals surface area (Å²) >= 11 is 4.62. The summed E-state index contributed by atoms with van der Waals surface area (Å²) in [5.74, 6) is -0.0526. The number of rotatable bonds is 4. The summed E-state index contributed by atoms with van der Waals surface area (Å²) in [6, 6.07) is 11.2. The van der Waals surface area contributed by atoms with Crippen molar-refractivity contribution in [3.05, 3.63) is 68.5 Å². The third kappa shape index (κ3) is 3.72. The van der Waals surface area contributed by atoms with Crippen molar-refractivity contribution in [1.82, 2.24) is 4.98 Å². The van der Waals surface area contributed by atoms with Crippen molar-refractivity contribution in [2.45, 2.75) is 13.3 Å². The van der Waals surface area contributed by atoms with Gasteiger partial charge >= 0.3 is 0 Å². The van der Waals surface area contributed by atoms with Crippen molar-refractivity contribution >= 4 is 38.3 Å². The van der Waals surface area contributed by atoms with Gasteiger partial charge in [-0.2, -0.15) is 5.26 Å². The molecule has 0 fully saturated rings.